The van der Waals surface area contributed by atoms with Crippen molar-refractivity contribution in [1.82, 2.24) is 10.2 Å². The number of rotatable bonds is 10. The number of carbonyl (C=O) groups is 1. The fourth-order valence-electron chi connectivity index (χ4n) is 3.29. The average Bonchev–Trinajstić information content (AvgIpc) is 2.63. The van der Waals surface area contributed by atoms with Gasteiger partial charge in [0.15, 0.2) is 0 Å². The number of amides is 1. The molecule has 1 aliphatic heterocycles. The molecule has 0 saturated carbocycles. The van der Waals surface area contributed by atoms with E-state index in [1.165, 1.54) is 19.1 Å². The summed E-state index contributed by atoms with van der Waals surface area (Å²) in [4.78, 5) is 13.3. The lowest BCUT2D eigenvalue weighted by Gasteiger charge is -2.34. The zero-order valence-electron chi connectivity index (χ0n) is 15.0. The van der Waals surface area contributed by atoms with Crippen molar-refractivity contribution < 1.29 is 4.79 Å². The van der Waals surface area contributed by atoms with Crippen LogP contribution >= 0.6 is 0 Å². The lowest BCUT2D eigenvalue weighted by molar-refractivity contribution is -0.118. The van der Waals surface area contributed by atoms with Gasteiger partial charge in [-0.1, -0.05) is 25.1 Å². The number of hydrogen-bond acceptors (Lipinski definition) is 5. The molecule has 3 N–H and O–H groups in total. The van der Waals surface area contributed by atoms with Crippen LogP contribution in [0.25, 0.3) is 0 Å². The third-order valence-corrected chi connectivity index (χ3v) is 4.91. The van der Waals surface area contributed by atoms with Gasteiger partial charge in [-0.05, 0) is 55.8 Å². The van der Waals surface area contributed by atoms with E-state index in [0.29, 0.717) is 12.0 Å². The Hall–Kier alpha value is -2.21. The molecule has 0 aliphatic carbocycles. The van der Waals surface area contributed by atoms with Crippen LogP contribution < -0.4 is 10.7 Å². The van der Waals surface area contributed by atoms with E-state index in [9.17, 15) is 4.79 Å². The van der Waals surface area contributed by atoms with E-state index in [1.54, 1.807) is 0 Å². The molecule has 1 aliphatic rings. The summed E-state index contributed by atoms with van der Waals surface area (Å²) in [7, 11) is 0. The van der Waals surface area contributed by atoms with Gasteiger partial charge in [0, 0.05) is 19.3 Å². The highest BCUT2D eigenvalue weighted by molar-refractivity contribution is 6.14. The summed E-state index contributed by atoms with van der Waals surface area (Å²) in [6.07, 6.45) is 8.04. The molecular weight excluding hydrogens is 314 g/mol. The molecule has 0 atom stereocenters. The van der Waals surface area contributed by atoms with Gasteiger partial charge in [0.25, 0.3) is 0 Å². The second kappa shape index (κ2) is 9.93. The van der Waals surface area contributed by atoms with E-state index in [0.717, 1.165) is 56.4 Å². The number of nitrogens with one attached hydrogen (secondary N) is 3. The zero-order chi connectivity index (χ0) is 18.0. The van der Waals surface area contributed by atoms with Gasteiger partial charge in [0.1, 0.15) is 0 Å². The smallest absolute Gasteiger partial charge is 0.210 e. The van der Waals surface area contributed by atoms with E-state index in [1.807, 2.05) is 29.2 Å². The number of hydrogen-bond donors (Lipinski definition) is 3. The van der Waals surface area contributed by atoms with Crippen LogP contribution in [-0.4, -0.2) is 43.4 Å². The van der Waals surface area contributed by atoms with E-state index in [2.05, 4.69) is 22.8 Å². The third-order valence-electron chi connectivity index (χ3n) is 4.91. The highest BCUT2D eigenvalue weighted by Gasteiger charge is 2.26. The molecule has 136 valence electrons. The lowest BCUT2D eigenvalue weighted by Crippen LogP contribution is -2.35. The van der Waals surface area contributed by atoms with Crippen molar-refractivity contribution in [3.8, 4) is 0 Å². The fraction of sp³-hybridized carbons (Fsp3) is 0.526. The highest BCUT2D eigenvalue weighted by Crippen LogP contribution is 2.33. The molecule has 25 heavy (non-hydrogen) atoms. The molecule has 0 unspecified atom stereocenters. The highest BCUT2D eigenvalue weighted by atomic mass is 16.1. The quantitative estimate of drug-likeness (QED) is 0.347. The minimum Gasteiger partial charge on any atom is -0.341 e. The Morgan fingerprint density at radius 1 is 1.36 bits per heavy atom. The Balaban J connectivity index is 1.87. The van der Waals surface area contributed by atoms with Gasteiger partial charge in [0.05, 0.1) is 11.9 Å². The molecule has 1 heterocycles. The maximum absolute atomic E-state index is 11.5. The number of piperidine rings is 1. The second-order valence-corrected chi connectivity index (χ2v) is 6.95. The predicted molar refractivity (Wildman–Crippen MR) is 103 cm³/mol. The molecule has 1 fully saturated rings. The van der Waals surface area contributed by atoms with Crippen molar-refractivity contribution in [2.24, 2.45) is 10.5 Å². The Kier molecular flexibility index (Phi) is 7.60. The van der Waals surface area contributed by atoms with E-state index >= 15 is 0 Å². The van der Waals surface area contributed by atoms with Gasteiger partial charge in [-0.25, -0.2) is 0 Å². The van der Waals surface area contributed by atoms with Crippen molar-refractivity contribution >= 4 is 24.5 Å². The Morgan fingerprint density at radius 2 is 2.12 bits per heavy atom. The molecule has 0 bridgehead atoms. The molecule has 1 aromatic carbocycles. The van der Waals surface area contributed by atoms with Crippen molar-refractivity contribution in [1.29, 1.82) is 5.41 Å². The SMILES string of the molecule is CC1(CCCN(C=O)Cc2ccccc2N/N=C\C=N)CCNCC1. The van der Waals surface area contributed by atoms with Crippen molar-refractivity contribution in [3.05, 3.63) is 29.8 Å². The molecule has 0 aromatic heterocycles. The number of anilines is 1. The summed E-state index contributed by atoms with van der Waals surface area (Å²) in [5.41, 5.74) is 5.21. The maximum Gasteiger partial charge on any atom is 0.210 e. The van der Waals surface area contributed by atoms with Gasteiger partial charge in [-0.3, -0.25) is 10.2 Å². The number of benzene rings is 1. The summed E-state index contributed by atoms with van der Waals surface area (Å²) in [6.45, 7) is 5.89. The second-order valence-electron chi connectivity index (χ2n) is 6.95. The molecule has 6 heteroatoms. The summed E-state index contributed by atoms with van der Waals surface area (Å²) in [6, 6.07) is 7.80. The topological polar surface area (TPSA) is 80.6 Å². The standard InChI is InChI=1S/C19H29N5O/c1-19(8-11-21-12-9-19)7-4-14-24(16-25)15-17-5-2-3-6-18(17)23-22-13-10-20/h2-3,5-6,10,13,16,20-21,23H,4,7-9,11-12,14-15H2,1H3/b20-10?,22-13-. The molecule has 1 aromatic rings. The largest absolute Gasteiger partial charge is 0.341 e. The summed E-state index contributed by atoms with van der Waals surface area (Å²) in [5, 5.41) is 14.3. The van der Waals surface area contributed by atoms with Gasteiger partial charge < -0.3 is 15.6 Å². The van der Waals surface area contributed by atoms with E-state index in [-0.39, 0.29) is 0 Å². The first-order valence-corrected chi connectivity index (χ1v) is 8.93. The first-order chi connectivity index (χ1) is 12.2. The van der Waals surface area contributed by atoms with E-state index < -0.39 is 0 Å². The number of para-hydroxylation sites is 1. The Bertz CT molecular complexity index is 581. The van der Waals surface area contributed by atoms with Gasteiger partial charge in [0.2, 0.25) is 6.41 Å². The molecule has 2 rings (SSSR count). The average molecular weight is 343 g/mol. The molecule has 1 saturated heterocycles. The Labute approximate surface area is 150 Å². The van der Waals surface area contributed by atoms with Crippen LogP contribution in [0.2, 0.25) is 0 Å². The van der Waals surface area contributed by atoms with Gasteiger partial charge in [-0.15, -0.1) is 0 Å². The summed E-state index contributed by atoms with van der Waals surface area (Å²) >= 11 is 0. The zero-order valence-corrected chi connectivity index (χ0v) is 15.0. The third kappa shape index (κ3) is 6.31. The fourth-order valence-corrected chi connectivity index (χ4v) is 3.29. The van der Waals surface area contributed by atoms with Crippen LogP contribution in [-0.2, 0) is 11.3 Å². The predicted octanol–water partition coefficient (Wildman–Crippen LogP) is 2.86. The van der Waals surface area contributed by atoms with Crippen LogP contribution in [0.15, 0.2) is 29.4 Å². The first kappa shape index (κ1) is 19.1. The number of hydrazone groups is 1. The first-order valence-electron chi connectivity index (χ1n) is 8.93. The van der Waals surface area contributed by atoms with Crippen LogP contribution in [0.5, 0.6) is 0 Å². The normalized spacial score (nSPS) is 16.5. The monoisotopic (exact) mass is 343 g/mol. The van der Waals surface area contributed by atoms with E-state index in [4.69, 9.17) is 5.41 Å². The molecule has 0 spiro atoms. The van der Waals surface area contributed by atoms with Crippen molar-refractivity contribution in [2.75, 3.05) is 25.1 Å². The summed E-state index contributed by atoms with van der Waals surface area (Å²) < 4.78 is 0. The Morgan fingerprint density at radius 3 is 2.84 bits per heavy atom. The molecule has 0 radical (unpaired) electrons. The maximum atomic E-state index is 11.5. The number of nitrogens with zero attached hydrogens (tertiary/aromatic N) is 2. The lowest BCUT2D eigenvalue weighted by atomic mass is 9.77. The van der Waals surface area contributed by atoms with Gasteiger partial charge >= 0.3 is 0 Å². The molecule has 1 amide bonds. The van der Waals surface area contributed by atoms with Crippen LogP contribution in [0, 0.1) is 10.8 Å². The summed E-state index contributed by atoms with van der Waals surface area (Å²) in [5.74, 6) is 0. The van der Waals surface area contributed by atoms with Crippen LogP contribution in [0.3, 0.4) is 0 Å². The van der Waals surface area contributed by atoms with Crippen LogP contribution in [0.1, 0.15) is 38.2 Å². The van der Waals surface area contributed by atoms with Gasteiger partial charge in [-0.2, -0.15) is 5.10 Å². The van der Waals surface area contributed by atoms with Crippen molar-refractivity contribution in [3.63, 3.8) is 0 Å². The number of carbonyl (C=O) groups excluding carboxylic acids is 1. The minimum atomic E-state index is 0.404. The van der Waals surface area contributed by atoms with Crippen molar-refractivity contribution in [2.45, 2.75) is 39.2 Å². The molecule has 6 nitrogen and oxygen atoms in total. The molecular formula is C19H29N5O. The minimum absolute atomic E-state index is 0.404. The van der Waals surface area contributed by atoms with Crippen LogP contribution in [0.4, 0.5) is 5.69 Å².